The van der Waals surface area contributed by atoms with Crippen LogP contribution in [-0.4, -0.2) is 28.3 Å². The highest BCUT2D eigenvalue weighted by Gasteiger charge is 2.30. The van der Waals surface area contributed by atoms with Crippen LogP contribution in [0.2, 0.25) is 0 Å². The fourth-order valence-electron chi connectivity index (χ4n) is 4.42. The van der Waals surface area contributed by atoms with E-state index in [2.05, 4.69) is 58.6 Å². The average Bonchev–Trinajstić information content (AvgIpc) is 3.45. The predicted octanol–water partition coefficient (Wildman–Crippen LogP) is 5.75. The third-order valence-electron chi connectivity index (χ3n) is 6.15. The molecule has 0 saturated carbocycles. The standard InChI is InChI=1S/C27H27N3O2S/c1-31-24-9-4-19(5-10-24)16-32-17-23-8-11-25-29-26(21-6-2-20(18-33)3-7-21)27(30(23)25)22-12-14-28-15-13-22/h2-7,9-10,12-15,23,33H,8,11,16-18H2,1H3. The van der Waals surface area contributed by atoms with Crippen LogP contribution in [0.3, 0.4) is 0 Å². The Labute approximate surface area is 199 Å². The summed E-state index contributed by atoms with van der Waals surface area (Å²) < 4.78 is 13.8. The van der Waals surface area contributed by atoms with Crippen LogP contribution in [0, 0.1) is 0 Å². The summed E-state index contributed by atoms with van der Waals surface area (Å²) in [7, 11) is 1.68. The van der Waals surface area contributed by atoms with E-state index in [9.17, 15) is 0 Å². The zero-order valence-corrected chi connectivity index (χ0v) is 19.5. The van der Waals surface area contributed by atoms with Gasteiger partial charge < -0.3 is 14.0 Å². The van der Waals surface area contributed by atoms with E-state index in [0.717, 1.165) is 58.2 Å². The highest BCUT2D eigenvalue weighted by Crippen LogP contribution is 2.39. The summed E-state index contributed by atoms with van der Waals surface area (Å²) in [6, 6.07) is 20.9. The largest absolute Gasteiger partial charge is 0.497 e. The van der Waals surface area contributed by atoms with Crippen LogP contribution in [0.15, 0.2) is 73.1 Å². The highest BCUT2D eigenvalue weighted by molar-refractivity contribution is 7.79. The number of thiol groups is 1. The van der Waals surface area contributed by atoms with E-state index < -0.39 is 0 Å². The van der Waals surface area contributed by atoms with E-state index in [1.807, 2.05) is 36.7 Å². The molecule has 0 fully saturated rings. The van der Waals surface area contributed by atoms with Crippen molar-refractivity contribution in [3.63, 3.8) is 0 Å². The second kappa shape index (κ2) is 9.81. The monoisotopic (exact) mass is 457 g/mol. The Balaban J connectivity index is 1.42. The lowest BCUT2D eigenvalue weighted by molar-refractivity contribution is 0.0925. The number of hydrogen-bond donors (Lipinski definition) is 1. The third kappa shape index (κ3) is 4.54. The van der Waals surface area contributed by atoms with Crippen molar-refractivity contribution >= 4 is 12.6 Å². The summed E-state index contributed by atoms with van der Waals surface area (Å²) in [6.07, 6.45) is 5.66. The Kier molecular flexibility index (Phi) is 6.46. The molecule has 0 spiro atoms. The molecule has 0 bridgehead atoms. The number of benzene rings is 2. The fourth-order valence-corrected chi connectivity index (χ4v) is 4.63. The zero-order valence-electron chi connectivity index (χ0n) is 18.6. The van der Waals surface area contributed by atoms with Crippen molar-refractivity contribution in [2.24, 2.45) is 0 Å². The number of aryl methyl sites for hydroxylation is 1. The van der Waals surface area contributed by atoms with E-state index >= 15 is 0 Å². The molecule has 1 atom stereocenters. The Morgan fingerprint density at radius 1 is 0.939 bits per heavy atom. The van der Waals surface area contributed by atoms with Crippen LogP contribution >= 0.6 is 12.6 Å². The first-order valence-electron chi connectivity index (χ1n) is 11.2. The molecule has 0 saturated heterocycles. The lowest BCUT2D eigenvalue weighted by Gasteiger charge is -2.18. The van der Waals surface area contributed by atoms with Gasteiger partial charge in [0.05, 0.1) is 37.8 Å². The minimum atomic E-state index is 0.249. The second-order valence-corrected chi connectivity index (χ2v) is 8.56. The Morgan fingerprint density at radius 2 is 1.67 bits per heavy atom. The zero-order chi connectivity index (χ0) is 22.6. The summed E-state index contributed by atoms with van der Waals surface area (Å²) in [5, 5.41) is 0. The summed E-state index contributed by atoms with van der Waals surface area (Å²) in [6.45, 7) is 1.22. The number of pyridine rings is 1. The maximum Gasteiger partial charge on any atom is 0.118 e. The summed E-state index contributed by atoms with van der Waals surface area (Å²) in [5.74, 6) is 2.70. The number of nitrogens with zero attached hydrogens (tertiary/aromatic N) is 3. The first-order chi connectivity index (χ1) is 16.3. The predicted molar refractivity (Wildman–Crippen MR) is 134 cm³/mol. The van der Waals surface area contributed by atoms with Gasteiger partial charge in [0.1, 0.15) is 11.6 Å². The molecule has 1 aliphatic rings. The van der Waals surface area contributed by atoms with Crippen molar-refractivity contribution in [1.82, 2.24) is 14.5 Å². The molecule has 1 aliphatic heterocycles. The number of aromatic nitrogens is 3. The Morgan fingerprint density at radius 3 is 2.36 bits per heavy atom. The van der Waals surface area contributed by atoms with Gasteiger partial charge in [-0.3, -0.25) is 4.98 Å². The van der Waals surface area contributed by atoms with Gasteiger partial charge in [-0.25, -0.2) is 4.98 Å². The summed E-state index contributed by atoms with van der Waals surface area (Å²) >= 11 is 4.39. The number of hydrogen-bond acceptors (Lipinski definition) is 5. The summed E-state index contributed by atoms with van der Waals surface area (Å²) in [4.78, 5) is 9.30. The van der Waals surface area contributed by atoms with Gasteiger partial charge in [-0.1, -0.05) is 36.4 Å². The average molecular weight is 458 g/mol. The van der Waals surface area contributed by atoms with E-state index in [0.29, 0.717) is 13.2 Å². The Bertz CT molecular complexity index is 1200. The molecular formula is C27H27N3O2S. The van der Waals surface area contributed by atoms with Gasteiger partial charge in [0.15, 0.2) is 0 Å². The lowest BCUT2D eigenvalue weighted by atomic mass is 10.0. The summed E-state index contributed by atoms with van der Waals surface area (Å²) in [5.41, 5.74) is 6.73. The van der Waals surface area contributed by atoms with Crippen LogP contribution in [-0.2, 0) is 23.5 Å². The van der Waals surface area contributed by atoms with Crippen LogP contribution in [0.4, 0.5) is 0 Å². The number of methoxy groups -OCH3 is 1. The van der Waals surface area contributed by atoms with Crippen LogP contribution in [0.5, 0.6) is 5.75 Å². The number of imidazole rings is 1. The van der Waals surface area contributed by atoms with Crippen LogP contribution in [0.1, 0.15) is 29.4 Å². The molecule has 0 N–H and O–H groups in total. The van der Waals surface area contributed by atoms with Crippen molar-refractivity contribution in [3.05, 3.63) is 90.0 Å². The molecule has 3 heterocycles. The van der Waals surface area contributed by atoms with Gasteiger partial charge in [0.25, 0.3) is 0 Å². The Hall–Kier alpha value is -3.09. The molecule has 0 amide bonds. The first-order valence-corrected chi connectivity index (χ1v) is 11.8. The molecule has 0 aliphatic carbocycles. The second-order valence-electron chi connectivity index (χ2n) is 8.24. The van der Waals surface area contributed by atoms with Crippen LogP contribution < -0.4 is 4.74 Å². The van der Waals surface area contributed by atoms with Gasteiger partial charge in [-0.2, -0.15) is 12.6 Å². The highest BCUT2D eigenvalue weighted by atomic mass is 32.1. The maximum absolute atomic E-state index is 6.16. The SMILES string of the molecule is COc1ccc(COCC2CCc3nc(-c4ccc(CS)cc4)c(-c4ccncc4)n32)cc1. The quantitative estimate of drug-likeness (QED) is 0.342. The van der Waals surface area contributed by atoms with Gasteiger partial charge in [0.2, 0.25) is 0 Å². The van der Waals surface area contributed by atoms with Gasteiger partial charge >= 0.3 is 0 Å². The van der Waals surface area contributed by atoms with E-state index in [1.165, 1.54) is 5.56 Å². The molecule has 1 unspecified atom stereocenters. The van der Waals surface area contributed by atoms with Crippen molar-refractivity contribution in [2.45, 2.75) is 31.2 Å². The number of fused-ring (bicyclic) bond motifs is 1. The molecule has 2 aromatic carbocycles. The number of ether oxygens (including phenoxy) is 2. The lowest BCUT2D eigenvalue weighted by Crippen LogP contribution is -2.13. The normalized spacial score (nSPS) is 14.9. The van der Waals surface area contributed by atoms with E-state index in [-0.39, 0.29) is 6.04 Å². The third-order valence-corrected chi connectivity index (χ3v) is 6.52. The molecule has 6 heteroatoms. The minimum absolute atomic E-state index is 0.249. The molecule has 168 valence electrons. The molecule has 5 rings (SSSR count). The van der Waals surface area contributed by atoms with E-state index in [1.54, 1.807) is 7.11 Å². The van der Waals surface area contributed by atoms with Gasteiger partial charge in [-0.05, 0) is 41.8 Å². The fraction of sp³-hybridized carbons (Fsp3) is 0.259. The van der Waals surface area contributed by atoms with Gasteiger partial charge in [0, 0.05) is 35.7 Å². The van der Waals surface area contributed by atoms with Crippen LogP contribution in [0.25, 0.3) is 22.5 Å². The molecular weight excluding hydrogens is 430 g/mol. The topological polar surface area (TPSA) is 49.2 Å². The molecule has 33 heavy (non-hydrogen) atoms. The van der Waals surface area contributed by atoms with Crippen molar-refractivity contribution in [2.75, 3.05) is 13.7 Å². The molecule has 5 nitrogen and oxygen atoms in total. The van der Waals surface area contributed by atoms with Crippen molar-refractivity contribution in [3.8, 4) is 28.3 Å². The first kappa shape index (κ1) is 21.7. The molecule has 0 radical (unpaired) electrons. The maximum atomic E-state index is 6.16. The molecule has 2 aromatic heterocycles. The number of rotatable bonds is 8. The van der Waals surface area contributed by atoms with Crippen molar-refractivity contribution in [1.29, 1.82) is 0 Å². The smallest absolute Gasteiger partial charge is 0.118 e. The van der Waals surface area contributed by atoms with Crippen molar-refractivity contribution < 1.29 is 9.47 Å². The minimum Gasteiger partial charge on any atom is -0.497 e. The van der Waals surface area contributed by atoms with E-state index in [4.69, 9.17) is 14.5 Å². The molecule has 4 aromatic rings. The van der Waals surface area contributed by atoms with Gasteiger partial charge in [-0.15, -0.1) is 0 Å².